The number of ether oxygens (including phenoxy) is 1. The van der Waals surface area contributed by atoms with Crippen LogP contribution in [0.3, 0.4) is 0 Å². The summed E-state index contributed by atoms with van der Waals surface area (Å²) in [7, 11) is 0. The molecule has 0 radical (unpaired) electrons. The lowest BCUT2D eigenvalue weighted by molar-refractivity contribution is -0.120. The van der Waals surface area contributed by atoms with Crippen LogP contribution in [-0.2, 0) is 11.2 Å². The van der Waals surface area contributed by atoms with Gasteiger partial charge < -0.3 is 4.74 Å². The van der Waals surface area contributed by atoms with Crippen molar-refractivity contribution in [2.75, 3.05) is 6.61 Å². The van der Waals surface area contributed by atoms with Crippen molar-refractivity contribution < 1.29 is 9.53 Å². The summed E-state index contributed by atoms with van der Waals surface area (Å²) >= 11 is 0. The van der Waals surface area contributed by atoms with E-state index in [9.17, 15) is 4.79 Å². The fourth-order valence-corrected chi connectivity index (χ4v) is 2.43. The predicted molar refractivity (Wildman–Crippen MR) is 68.3 cm³/mol. The Labute approximate surface area is 103 Å². The van der Waals surface area contributed by atoms with Gasteiger partial charge in [-0.05, 0) is 49.8 Å². The second kappa shape index (κ2) is 5.85. The first-order chi connectivity index (χ1) is 8.28. The highest BCUT2D eigenvalue weighted by atomic mass is 16.5. The molecule has 0 saturated heterocycles. The van der Waals surface area contributed by atoms with Crippen LogP contribution in [0.2, 0.25) is 0 Å². The molecule has 0 amide bonds. The molecule has 0 aliphatic heterocycles. The first-order valence-electron chi connectivity index (χ1n) is 6.51. The Hall–Kier alpha value is -1.31. The molecule has 0 N–H and O–H groups in total. The summed E-state index contributed by atoms with van der Waals surface area (Å²) in [6, 6.07) is 8.35. The van der Waals surface area contributed by atoms with Crippen molar-refractivity contribution in [1.29, 1.82) is 0 Å². The molecule has 0 spiro atoms. The van der Waals surface area contributed by atoms with Crippen LogP contribution in [0.4, 0.5) is 0 Å². The average Bonchev–Trinajstić information content (AvgIpc) is 2.35. The summed E-state index contributed by atoms with van der Waals surface area (Å²) in [6.07, 6.45) is 4.78. The lowest BCUT2D eigenvalue weighted by Crippen LogP contribution is -2.15. The van der Waals surface area contributed by atoms with Gasteiger partial charge in [0.1, 0.15) is 11.5 Å². The quantitative estimate of drug-likeness (QED) is 0.795. The predicted octanol–water partition coefficient (Wildman–Crippen LogP) is 3.39. The Bertz CT molecular complexity index is 357. The normalized spacial score (nSPS) is 17.1. The van der Waals surface area contributed by atoms with Crippen molar-refractivity contribution >= 4 is 5.78 Å². The fourth-order valence-electron chi connectivity index (χ4n) is 2.43. The van der Waals surface area contributed by atoms with Gasteiger partial charge in [-0.3, -0.25) is 4.79 Å². The Morgan fingerprint density at radius 2 is 1.82 bits per heavy atom. The largest absolute Gasteiger partial charge is 0.494 e. The number of ketones is 1. The number of Topliss-reactive ketones (excluding diaryl/α,β-unsaturated/α-hetero) is 1. The van der Waals surface area contributed by atoms with E-state index in [0.717, 1.165) is 37.9 Å². The number of carbonyl (C=O) groups excluding carboxylic acids is 1. The summed E-state index contributed by atoms with van der Waals surface area (Å²) in [6.45, 7) is 2.71. The van der Waals surface area contributed by atoms with Crippen molar-refractivity contribution in [1.82, 2.24) is 0 Å². The molecule has 2 nitrogen and oxygen atoms in total. The molecule has 1 aliphatic rings. The maximum atomic E-state index is 11.2. The van der Waals surface area contributed by atoms with E-state index in [0.29, 0.717) is 18.3 Å². The Morgan fingerprint density at radius 3 is 2.41 bits per heavy atom. The van der Waals surface area contributed by atoms with Gasteiger partial charge in [-0.15, -0.1) is 0 Å². The molecule has 1 fully saturated rings. The van der Waals surface area contributed by atoms with E-state index in [1.807, 2.05) is 19.1 Å². The minimum Gasteiger partial charge on any atom is -0.494 e. The molecule has 1 aromatic carbocycles. The van der Waals surface area contributed by atoms with E-state index in [1.165, 1.54) is 5.56 Å². The van der Waals surface area contributed by atoms with E-state index < -0.39 is 0 Å². The molecular weight excluding hydrogens is 212 g/mol. The highest BCUT2D eigenvalue weighted by molar-refractivity contribution is 5.79. The van der Waals surface area contributed by atoms with E-state index in [2.05, 4.69) is 12.1 Å². The molecular formula is C15H20O2. The number of benzene rings is 1. The van der Waals surface area contributed by atoms with Crippen molar-refractivity contribution in [2.45, 2.75) is 39.0 Å². The van der Waals surface area contributed by atoms with Gasteiger partial charge in [-0.25, -0.2) is 0 Å². The molecule has 2 rings (SSSR count). The van der Waals surface area contributed by atoms with Crippen molar-refractivity contribution in [3.05, 3.63) is 29.8 Å². The second-order valence-corrected chi connectivity index (χ2v) is 4.76. The van der Waals surface area contributed by atoms with Gasteiger partial charge in [0.15, 0.2) is 0 Å². The Morgan fingerprint density at radius 1 is 1.18 bits per heavy atom. The first kappa shape index (κ1) is 12.2. The zero-order valence-corrected chi connectivity index (χ0v) is 10.4. The van der Waals surface area contributed by atoms with E-state index in [1.54, 1.807) is 0 Å². The van der Waals surface area contributed by atoms with E-state index in [-0.39, 0.29) is 0 Å². The average molecular weight is 232 g/mol. The maximum absolute atomic E-state index is 11.2. The summed E-state index contributed by atoms with van der Waals surface area (Å²) in [4.78, 5) is 11.2. The van der Waals surface area contributed by atoms with Crippen LogP contribution < -0.4 is 4.74 Å². The van der Waals surface area contributed by atoms with Crippen LogP contribution in [0.25, 0.3) is 0 Å². The zero-order valence-electron chi connectivity index (χ0n) is 10.4. The van der Waals surface area contributed by atoms with Gasteiger partial charge in [0.2, 0.25) is 0 Å². The van der Waals surface area contributed by atoms with Gasteiger partial charge in [0.05, 0.1) is 6.61 Å². The smallest absolute Gasteiger partial charge is 0.132 e. The van der Waals surface area contributed by atoms with E-state index in [4.69, 9.17) is 4.74 Å². The minimum atomic E-state index is 0.438. The van der Waals surface area contributed by atoms with Crippen LogP contribution in [0.15, 0.2) is 24.3 Å². The third-order valence-corrected chi connectivity index (χ3v) is 3.42. The van der Waals surface area contributed by atoms with Crippen molar-refractivity contribution in [3.63, 3.8) is 0 Å². The Balaban J connectivity index is 1.88. The summed E-state index contributed by atoms with van der Waals surface area (Å²) in [5, 5.41) is 0. The lowest BCUT2D eigenvalue weighted by atomic mass is 9.84. The molecule has 0 unspecified atom stereocenters. The molecule has 0 aromatic heterocycles. The molecule has 1 aliphatic carbocycles. The monoisotopic (exact) mass is 232 g/mol. The molecule has 92 valence electrons. The van der Waals surface area contributed by atoms with Crippen LogP contribution in [0.1, 0.15) is 38.2 Å². The molecule has 0 bridgehead atoms. The molecule has 1 saturated carbocycles. The van der Waals surface area contributed by atoms with Gasteiger partial charge in [0.25, 0.3) is 0 Å². The van der Waals surface area contributed by atoms with Crippen LogP contribution in [0.5, 0.6) is 5.75 Å². The lowest BCUT2D eigenvalue weighted by Gasteiger charge is -2.20. The van der Waals surface area contributed by atoms with Crippen molar-refractivity contribution in [3.8, 4) is 5.75 Å². The third-order valence-electron chi connectivity index (χ3n) is 3.42. The summed E-state index contributed by atoms with van der Waals surface area (Å²) in [5.74, 6) is 2.06. The maximum Gasteiger partial charge on any atom is 0.132 e. The van der Waals surface area contributed by atoms with Gasteiger partial charge in [0, 0.05) is 12.8 Å². The van der Waals surface area contributed by atoms with Crippen LogP contribution >= 0.6 is 0 Å². The van der Waals surface area contributed by atoms with Crippen LogP contribution in [-0.4, -0.2) is 12.4 Å². The standard InChI is InChI=1S/C15H20O2/c1-2-17-15-9-5-13(6-10-15)11-12-3-7-14(16)8-4-12/h5-6,9-10,12H,2-4,7-8,11H2,1H3. The minimum absolute atomic E-state index is 0.438. The van der Waals surface area contributed by atoms with Crippen LogP contribution in [0, 0.1) is 5.92 Å². The number of hydrogen-bond donors (Lipinski definition) is 0. The number of hydrogen-bond acceptors (Lipinski definition) is 2. The fraction of sp³-hybridized carbons (Fsp3) is 0.533. The molecule has 17 heavy (non-hydrogen) atoms. The second-order valence-electron chi connectivity index (χ2n) is 4.76. The summed E-state index contributed by atoms with van der Waals surface area (Å²) in [5.41, 5.74) is 1.35. The number of rotatable bonds is 4. The van der Waals surface area contributed by atoms with Gasteiger partial charge in [-0.2, -0.15) is 0 Å². The molecule has 2 heteroatoms. The molecule has 1 aromatic rings. The van der Waals surface area contributed by atoms with E-state index >= 15 is 0 Å². The molecule has 0 atom stereocenters. The van der Waals surface area contributed by atoms with Gasteiger partial charge in [-0.1, -0.05) is 12.1 Å². The molecule has 0 heterocycles. The summed E-state index contributed by atoms with van der Waals surface area (Å²) < 4.78 is 5.42. The highest BCUT2D eigenvalue weighted by Gasteiger charge is 2.18. The Kier molecular flexibility index (Phi) is 4.18. The van der Waals surface area contributed by atoms with Crippen molar-refractivity contribution in [2.24, 2.45) is 5.92 Å². The number of carbonyl (C=O) groups is 1. The highest BCUT2D eigenvalue weighted by Crippen LogP contribution is 2.25. The first-order valence-corrected chi connectivity index (χ1v) is 6.51. The topological polar surface area (TPSA) is 26.3 Å². The SMILES string of the molecule is CCOc1ccc(CC2CCC(=O)CC2)cc1. The third kappa shape index (κ3) is 3.58. The van der Waals surface area contributed by atoms with Gasteiger partial charge >= 0.3 is 0 Å². The zero-order chi connectivity index (χ0) is 12.1.